The monoisotopic (exact) mass is 890 g/mol. The molecule has 1 fully saturated rings. The molecule has 3 aliphatic carbocycles. The zero-order valence-electron chi connectivity index (χ0n) is 37.9. The van der Waals surface area contributed by atoms with Crippen LogP contribution in [0.15, 0.2) is 195 Å². The van der Waals surface area contributed by atoms with Crippen molar-refractivity contribution in [3.8, 4) is 44.8 Å². The Morgan fingerprint density at radius 3 is 2.32 bits per heavy atom. The molecular weight excluding hydrogens is 845 g/mol. The van der Waals surface area contributed by atoms with Crippen molar-refractivity contribution in [1.82, 2.24) is 4.98 Å². The van der Waals surface area contributed by atoms with Crippen molar-refractivity contribution >= 4 is 33.9 Å². The molecular formula is C63H46N4S+2. The predicted molar refractivity (Wildman–Crippen MR) is 273 cm³/mol. The fraction of sp³-hybridized carbons (Fsp3) is 0.159. The van der Waals surface area contributed by atoms with Gasteiger partial charge in [0, 0.05) is 57.5 Å². The maximum absolute atomic E-state index is 5.26. The van der Waals surface area contributed by atoms with Crippen LogP contribution in [0.4, 0.5) is 17.2 Å². The third kappa shape index (κ3) is 4.70. The lowest BCUT2D eigenvalue weighted by atomic mass is 9.72. The van der Waals surface area contributed by atoms with Crippen LogP contribution in [0.2, 0.25) is 0 Å². The Kier molecular flexibility index (Phi) is 7.33. The molecule has 0 saturated heterocycles. The Bertz CT molecular complexity index is 3740. The summed E-state index contributed by atoms with van der Waals surface area (Å²) in [6, 6.07) is 64.9. The number of benzene rings is 6. The highest BCUT2D eigenvalue weighted by Crippen LogP contribution is 2.75. The average Bonchev–Trinajstić information content (AvgIpc) is 3.58. The molecule has 16 rings (SSSR count). The van der Waals surface area contributed by atoms with Gasteiger partial charge in [-0.3, -0.25) is 4.90 Å². The first-order valence-corrected chi connectivity index (χ1v) is 25.2. The van der Waals surface area contributed by atoms with Crippen LogP contribution in [-0.2, 0) is 17.4 Å². The average molecular weight is 891 g/mol. The number of pyridine rings is 3. The minimum absolute atomic E-state index is 0.0474. The lowest BCUT2D eigenvalue weighted by Gasteiger charge is -2.31. The molecule has 4 aliphatic heterocycles. The minimum Gasteiger partial charge on any atom is -0.294 e. The third-order valence-corrected chi connectivity index (χ3v) is 18.5. The first kappa shape index (κ1) is 37.7. The maximum atomic E-state index is 5.26. The topological polar surface area (TPSA) is 23.9 Å². The van der Waals surface area contributed by atoms with E-state index in [4.69, 9.17) is 4.98 Å². The molecule has 1 saturated carbocycles. The highest BCUT2D eigenvalue weighted by molar-refractivity contribution is 8.08. The van der Waals surface area contributed by atoms with E-state index in [1.165, 1.54) is 111 Å². The molecule has 9 aromatic rings. The van der Waals surface area contributed by atoms with Crippen molar-refractivity contribution in [3.63, 3.8) is 0 Å². The summed E-state index contributed by atoms with van der Waals surface area (Å²) < 4.78 is 5.17. The molecule has 68 heavy (non-hydrogen) atoms. The summed E-state index contributed by atoms with van der Waals surface area (Å²) >= 11 is 2.01. The summed E-state index contributed by atoms with van der Waals surface area (Å²) in [5.74, 6) is 1.59. The van der Waals surface area contributed by atoms with Crippen LogP contribution >= 0.6 is 11.8 Å². The van der Waals surface area contributed by atoms with E-state index in [-0.39, 0.29) is 22.2 Å². The molecule has 0 radical (unpaired) electrons. The van der Waals surface area contributed by atoms with E-state index in [0.717, 1.165) is 18.7 Å². The molecule has 0 bridgehead atoms. The van der Waals surface area contributed by atoms with Gasteiger partial charge in [-0.15, -0.1) is 11.8 Å². The summed E-state index contributed by atoms with van der Waals surface area (Å²) in [7, 11) is 0. The van der Waals surface area contributed by atoms with Gasteiger partial charge in [0.1, 0.15) is 11.7 Å². The quantitative estimate of drug-likeness (QED) is 0.165. The molecule has 5 atom stereocenters. The van der Waals surface area contributed by atoms with Crippen LogP contribution in [0.25, 0.3) is 49.7 Å². The van der Waals surface area contributed by atoms with E-state index in [1.807, 2.05) is 11.8 Å². The number of fused-ring (bicyclic) bond motifs is 11. The van der Waals surface area contributed by atoms with Crippen molar-refractivity contribution in [3.05, 3.63) is 245 Å². The molecule has 0 amide bonds. The number of hydrogen-bond donors (Lipinski definition) is 0. The van der Waals surface area contributed by atoms with E-state index >= 15 is 0 Å². The number of hydrogen-bond acceptors (Lipinski definition) is 3. The van der Waals surface area contributed by atoms with Crippen molar-refractivity contribution in [2.75, 3.05) is 4.90 Å². The van der Waals surface area contributed by atoms with Gasteiger partial charge in [0.25, 0.3) is 5.54 Å². The van der Waals surface area contributed by atoms with Gasteiger partial charge in [-0.25, -0.2) is 4.98 Å². The first-order valence-electron chi connectivity index (χ1n) is 24.4. The largest absolute Gasteiger partial charge is 0.294 e. The Morgan fingerprint density at radius 1 is 0.618 bits per heavy atom. The molecule has 3 aromatic heterocycles. The van der Waals surface area contributed by atoms with Gasteiger partial charge in [0.2, 0.25) is 17.4 Å². The molecule has 0 N–H and O–H groups in total. The van der Waals surface area contributed by atoms with Gasteiger partial charge in [0.15, 0.2) is 12.4 Å². The van der Waals surface area contributed by atoms with E-state index in [2.05, 4.69) is 222 Å². The van der Waals surface area contributed by atoms with Crippen molar-refractivity contribution < 1.29 is 9.13 Å². The Hall–Kier alpha value is -7.34. The van der Waals surface area contributed by atoms with Crippen LogP contribution in [0.5, 0.6) is 0 Å². The fourth-order valence-corrected chi connectivity index (χ4v) is 15.4. The minimum atomic E-state index is -0.226. The lowest BCUT2D eigenvalue weighted by molar-refractivity contribution is -0.772. The van der Waals surface area contributed by atoms with Gasteiger partial charge in [-0.05, 0) is 135 Å². The molecule has 5 heteroatoms. The van der Waals surface area contributed by atoms with Gasteiger partial charge in [-0.1, -0.05) is 105 Å². The van der Waals surface area contributed by atoms with E-state index in [9.17, 15) is 0 Å². The normalized spacial score (nSPS) is 22.6. The number of anilines is 3. The molecule has 322 valence electrons. The second kappa shape index (κ2) is 13.2. The number of aromatic nitrogens is 3. The fourth-order valence-electron chi connectivity index (χ4n) is 14.1. The number of allylic oxidation sites excluding steroid dienone is 1. The number of thioether (sulfide) groups is 1. The second-order valence-corrected chi connectivity index (χ2v) is 21.8. The SMILES string of the molecule is CC1(C)c2ccccc2-c2cc3c(cc21)C(c1ccccc1)Cc1ccc(C2=CCC(c4ccnc(N5c6cccc7c6C6C([n+]8ccccc8-7)C67c6c(cccc65)-c5cccc[n+]57)c4)S2)cc1-3. The van der Waals surface area contributed by atoms with Crippen LogP contribution in [-0.4, -0.2) is 4.98 Å². The summed E-state index contributed by atoms with van der Waals surface area (Å²) in [5.41, 5.74) is 25.6. The third-order valence-electron chi connectivity index (χ3n) is 17.0. The zero-order chi connectivity index (χ0) is 44.6. The summed E-state index contributed by atoms with van der Waals surface area (Å²) in [6.07, 6.45) is 11.1. The Labute approximate surface area is 400 Å². The number of nitrogens with zero attached hydrogens (tertiary/aromatic N) is 4. The zero-order valence-corrected chi connectivity index (χ0v) is 38.7. The molecule has 6 aromatic carbocycles. The van der Waals surface area contributed by atoms with Gasteiger partial charge >= 0.3 is 0 Å². The van der Waals surface area contributed by atoms with Crippen LogP contribution in [0.1, 0.15) is 93.5 Å². The van der Waals surface area contributed by atoms with E-state index in [1.54, 1.807) is 0 Å². The van der Waals surface area contributed by atoms with Crippen LogP contribution < -0.4 is 14.0 Å². The van der Waals surface area contributed by atoms with Gasteiger partial charge in [0.05, 0.1) is 28.1 Å². The van der Waals surface area contributed by atoms with Gasteiger partial charge in [-0.2, -0.15) is 9.13 Å². The first-order chi connectivity index (χ1) is 33.5. The Balaban J connectivity index is 0.784. The highest BCUT2D eigenvalue weighted by atomic mass is 32.2. The van der Waals surface area contributed by atoms with Gasteiger partial charge < -0.3 is 0 Å². The summed E-state index contributed by atoms with van der Waals surface area (Å²) in [6.45, 7) is 4.81. The van der Waals surface area contributed by atoms with Crippen LogP contribution in [0, 0.1) is 0 Å². The lowest BCUT2D eigenvalue weighted by Crippen LogP contribution is -2.51. The van der Waals surface area contributed by atoms with E-state index in [0.29, 0.717) is 11.8 Å². The molecule has 7 heterocycles. The molecule has 1 spiro atoms. The molecule has 5 unspecified atom stereocenters. The smallest absolute Gasteiger partial charge is 0.271 e. The number of rotatable bonds is 4. The molecule has 7 aliphatic rings. The predicted octanol–water partition coefficient (Wildman–Crippen LogP) is 14.1. The Morgan fingerprint density at radius 2 is 1.41 bits per heavy atom. The second-order valence-electron chi connectivity index (χ2n) is 20.5. The standard InChI is InChI=1S/C63H46N4S/c1-62(2)49-19-7-6-16-41(49)48-35-46-45-33-39(25-24-38(45)32-44(47(46)36-50(48)62)37-14-4-3-5-15-37)55-26-27-56(68-55)40-28-29-64-57(34-40)67-53-22-12-17-42-51-20-8-10-30-65(51)61-60(58(42)53)63(61)59-43(18-13-23-54(59)67)52-21-9-11-31-66(52)63/h3-26,28-31,33-36,44,56,60-61H,27,32H2,1-2H3/q+2. The summed E-state index contributed by atoms with van der Waals surface area (Å²) in [4.78, 5) is 9.13. The van der Waals surface area contributed by atoms with Crippen molar-refractivity contribution in [1.29, 1.82) is 0 Å². The maximum Gasteiger partial charge on any atom is 0.271 e. The van der Waals surface area contributed by atoms with E-state index < -0.39 is 0 Å². The molecule has 4 nitrogen and oxygen atoms in total. The summed E-state index contributed by atoms with van der Waals surface area (Å²) in [5, 5.41) is 0.282. The van der Waals surface area contributed by atoms with Crippen molar-refractivity contribution in [2.45, 2.75) is 60.8 Å². The van der Waals surface area contributed by atoms with Crippen LogP contribution in [0.3, 0.4) is 0 Å². The van der Waals surface area contributed by atoms with Crippen molar-refractivity contribution in [2.24, 2.45) is 0 Å². The highest BCUT2D eigenvalue weighted by Gasteiger charge is 2.87.